The van der Waals surface area contributed by atoms with Crippen LogP contribution in [0.3, 0.4) is 0 Å². The fourth-order valence-corrected chi connectivity index (χ4v) is 2.58. The SMILES string of the molecule is CC1CC=CC=C1c1ccc(C(=O)OC[C@@H](O)C[C@H](F)C=N)cc1. The average Bonchev–Trinajstić information content (AvgIpc) is 2.60. The van der Waals surface area contributed by atoms with Gasteiger partial charge in [0.15, 0.2) is 0 Å². The van der Waals surface area contributed by atoms with Gasteiger partial charge in [-0.25, -0.2) is 9.18 Å². The molecule has 1 aromatic rings. The van der Waals surface area contributed by atoms with Crippen molar-refractivity contribution >= 4 is 17.8 Å². The molecule has 0 spiro atoms. The Hall–Kier alpha value is -2.27. The number of ether oxygens (including phenoxy) is 1. The molecule has 0 aromatic heterocycles. The molecule has 1 aromatic carbocycles. The molecule has 1 aliphatic carbocycles. The molecule has 0 radical (unpaired) electrons. The van der Waals surface area contributed by atoms with Gasteiger partial charge in [0.25, 0.3) is 0 Å². The first kappa shape index (κ1) is 18.1. The number of benzene rings is 1. The third-order valence-corrected chi connectivity index (χ3v) is 3.97. The summed E-state index contributed by atoms with van der Waals surface area (Å²) in [5.41, 5.74) is 2.68. The van der Waals surface area contributed by atoms with Gasteiger partial charge in [-0.05, 0) is 35.6 Å². The van der Waals surface area contributed by atoms with Crippen molar-refractivity contribution < 1.29 is 19.0 Å². The van der Waals surface area contributed by atoms with E-state index in [9.17, 15) is 14.3 Å². The zero-order chi connectivity index (χ0) is 17.5. The number of esters is 1. The highest BCUT2D eigenvalue weighted by molar-refractivity contribution is 5.90. The monoisotopic (exact) mass is 331 g/mol. The lowest BCUT2D eigenvalue weighted by atomic mass is 9.88. The maximum Gasteiger partial charge on any atom is 0.338 e. The van der Waals surface area contributed by atoms with E-state index in [4.69, 9.17) is 10.1 Å². The zero-order valence-electron chi connectivity index (χ0n) is 13.6. The molecule has 128 valence electrons. The Balaban J connectivity index is 1.93. The number of hydrogen-bond acceptors (Lipinski definition) is 4. The van der Waals surface area contributed by atoms with E-state index in [0.29, 0.717) is 17.7 Å². The molecule has 0 amide bonds. The molecule has 0 saturated carbocycles. The summed E-state index contributed by atoms with van der Waals surface area (Å²) in [5.74, 6) is -0.123. The van der Waals surface area contributed by atoms with Crippen molar-refractivity contribution in [1.29, 1.82) is 5.41 Å². The number of allylic oxidation sites excluding steroid dienone is 4. The van der Waals surface area contributed by atoms with Crippen molar-refractivity contribution in [3.05, 3.63) is 53.6 Å². The van der Waals surface area contributed by atoms with Gasteiger partial charge in [-0.1, -0.05) is 37.3 Å². The molecular formula is C19H22FNO3. The number of carbonyl (C=O) groups excluding carboxylic acids is 1. The Morgan fingerprint density at radius 1 is 1.46 bits per heavy atom. The van der Waals surface area contributed by atoms with Gasteiger partial charge in [-0.15, -0.1) is 0 Å². The smallest absolute Gasteiger partial charge is 0.338 e. The normalized spacial score (nSPS) is 19.3. The predicted octanol–water partition coefficient (Wildman–Crippen LogP) is 3.56. The number of aliphatic hydroxyl groups is 1. The molecule has 0 bridgehead atoms. The summed E-state index contributed by atoms with van der Waals surface area (Å²) in [4.78, 5) is 12.0. The van der Waals surface area contributed by atoms with Gasteiger partial charge in [-0.3, -0.25) is 0 Å². The van der Waals surface area contributed by atoms with Crippen molar-refractivity contribution in [2.24, 2.45) is 5.92 Å². The minimum absolute atomic E-state index is 0.255. The highest BCUT2D eigenvalue weighted by Crippen LogP contribution is 2.29. The van der Waals surface area contributed by atoms with Crippen LogP contribution in [0, 0.1) is 11.3 Å². The van der Waals surface area contributed by atoms with Crippen LogP contribution in [0.2, 0.25) is 0 Å². The van der Waals surface area contributed by atoms with Crippen LogP contribution in [0.15, 0.2) is 42.5 Å². The van der Waals surface area contributed by atoms with Crippen LogP contribution in [0.1, 0.15) is 35.7 Å². The molecular weight excluding hydrogens is 309 g/mol. The second kappa shape index (κ2) is 8.55. The number of carbonyl (C=O) groups is 1. The molecule has 0 fully saturated rings. The van der Waals surface area contributed by atoms with Crippen molar-refractivity contribution in [3.8, 4) is 0 Å². The molecule has 1 aliphatic rings. The van der Waals surface area contributed by atoms with E-state index in [2.05, 4.69) is 19.1 Å². The Kier molecular flexibility index (Phi) is 6.44. The van der Waals surface area contributed by atoms with E-state index >= 15 is 0 Å². The van der Waals surface area contributed by atoms with Gasteiger partial charge >= 0.3 is 5.97 Å². The highest BCUT2D eigenvalue weighted by Gasteiger charge is 2.16. The van der Waals surface area contributed by atoms with Crippen molar-refractivity contribution in [1.82, 2.24) is 0 Å². The minimum atomic E-state index is -1.53. The summed E-state index contributed by atoms with van der Waals surface area (Å²) in [7, 11) is 0. The topological polar surface area (TPSA) is 70.4 Å². The number of hydrogen-bond donors (Lipinski definition) is 2. The van der Waals surface area contributed by atoms with Crippen molar-refractivity contribution in [3.63, 3.8) is 0 Å². The van der Waals surface area contributed by atoms with Crippen LogP contribution < -0.4 is 0 Å². The fraction of sp³-hybridized carbons (Fsp3) is 0.368. The van der Waals surface area contributed by atoms with E-state index < -0.39 is 18.2 Å². The molecule has 4 nitrogen and oxygen atoms in total. The van der Waals surface area contributed by atoms with Crippen LogP contribution in [0.5, 0.6) is 0 Å². The Morgan fingerprint density at radius 3 is 2.79 bits per heavy atom. The molecule has 3 atom stereocenters. The average molecular weight is 331 g/mol. The second-order valence-corrected chi connectivity index (χ2v) is 5.93. The molecule has 2 N–H and O–H groups in total. The number of rotatable bonds is 7. The highest BCUT2D eigenvalue weighted by atomic mass is 19.1. The van der Waals surface area contributed by atoms with Crippen LogP contribution in [-0.4, -0.2) is 36.2 Å². The largest absolute Gasteiger partial charge is 0.459 e. The summed E-state index contributed by atoms with van der Waals surface area (Å²) in [6.45, 7) is 1.87. The first-order valence-electron chi connectivity index (χ1n) is 7.98. The second-order valence-electron chi connectivity index (χ2n) is 5.93. The Bertz CT molecular complexity index is 637. The van der Waals surface area contributed by atoms with Crippen LogP contribution in [0.25, 0.3) is 5.57 Å². The molecule has 2 rings (SSSR count). The number of nitrogens with one attached hydrogen (secondary N) is 1. The summed E-state index contributed by atoms with van der Waals surface area (Å²) in [6.07, 6.45) is 4.95. The summed E-state index contributed by atoms with van der Waals surface area (Å²) < 4.78 is 17.9. The summed E-state index contributed by atoms with van der Waals surface area (Å²) in [6, 6.07) is 7.12. The fourth-order valence-electron chi connectivity index (χ4n) is 2.58. The Morgan fingerprint density at radius 2 is 2.17 bits per heavy atom. The van der Waals surface area contributed by atoms with E-state index in [0.717, 1.165) is 12.0 Å². The predicted molar refractivity (Wildman–Crippen MR) is 91.9 cm³/mol. The molecule has 0 heterocycles. The lowest BCUT2D eigenvalue weighted by Crippen LogP contribution is -2.22. The van der Waals surface area contributed by atoms with E-state index in [1.54, 1.807) is 12.1 Å². The third kappa shape index (κ3) is 4.86. The molecule has 0 aliphatic heterocycles. The standard InChI is InChI=1S/C19H22FNO3/c1-13-4-2-3-5-18(13)14-6-8-15(9-7-14)19(23)24-12-17(22)10-16(20)11-21/h2-3,5-9,11,13,16-17,21-22H,4,10,12H2,1H3/t13?,16-,17-/m0/s1. The first-order chi connectivity index (χ1) is 11.5. The van der Waals surface area contributed by atoms with E-state index in [-0.39, 0.29) is 13.0 Å². The van der Waals surface area contributed by atoms with E-state index in [1.807, 2.05) is 18.2 Å². The number of halogens is 1. The van der Waals surface area contributed by atoms with Gasteiger partial charge in [0.1, 0.15) is 12.8 Å². The number of alkyl halides is 1. The van der Waals surface area contributed by atoms with Gasteiger partial charge in [0.2, 0.25) is 0 Å². The van der Waals surface area contributed by atoms with Gasteiger partial charge in [0.05, 0.1) is 11.7 Å². The zero-order valence-corrected chi connectivity index (χ0v) is 13.6. The lowest BCUT2D eigenvalue weighted by Gasteiger charge is -2.17. The van der Waals surface area contributed by atoms with Crippen molar-refractivity contribution in [2.75, 3.05) is 6.61 Å². The van der Waals surface area contributed by atoms with E-state index in [1.165, 1.54) is 5.57 Å². The quantitative estimate of drug-likeness (QED) is 0.593. The maximum atomic E-state index is 12.9. The minimum Gasteiger partial charge on any atom is -0.459 e. The van der Waals surface area contributed by atoms with Crippen LogP contribution >= 0.6 is 0 Å². The number of aliphatic hydroxyl groups excluding tert-OH is 1. The maximum absolute atomic E-state index is 12.9. The lowest BCUT2D eigenvalue weighted by molar-refractivity contribution is 0.0206. The summed E-state index contributed by atoms with van der Waals surface area (Å²) >= 11 is 0. The Labute approximate surface area is 141 Å². The molecule has 0 saturated heterocycles. The third-order valence-electron chi connectivity index (χ3n) is 3.97. The van der Waals surface area contributed by atoms with Gasteiger partial charge in [-0.2, -0.15) is 0 Å². The van der Waals surface area contributed by atoms with Crippen LogP contribution in [-0.2, 0) is 4.74 Å². The van der Waals surface area contributed by atoms with Gasteiger partial charge < -0.3 is 15.3 Å². The molecule has 24 heavy (non-hydrogen) atoms. The molecule has 1 unspecified atom stereocenters. The first-order valence-corrected chi connectivity index (χ1v) is 7.98. The van der Waals surface area contributed by atoms with Crippen molar-refractivity contribution in [2.45, 2.75) is 32.0 Å². The molecule has 5 heteroatoms. The van der Waals surface area contributed by atoms with Crippen LogP contribution in [0.4, 0.5) is 4.39 Å². The van der Waals surface area contributed by atoms with Gasteiger partial charge in [0, 0.05) is 12.6 Å². The summed E-state index contributed by atoms with van der Waals surface area (Å²) in [5, 5.41) is 16.3.